The number of nitrogens with one attached hydrogen (secondary N) is 1. The molecule has 0 spiro atoms. The van der Waals surface area contributed by atoms with Crippen LogP contribution in [-0.2, 0) is 14.8 Å². The van der Waals surface area contributed by atoms with E-state index in [2.05, 4.69) is 4.72 Å². The molecule has 1 aromatic rings. The number of methoxy groups -OCH3 is 1. The summed E-state index contributed by atoms with van der Waals surface area (Å²) in [5.74, 6) is -0.667. The molecule has 8 heteroatoms. The molecule has 4 nitrogen and oxygen atoms in total. The van der Waals surface area contributed by atoms with Gasteiger partial charge in [0.05, 0.1) is 10.5 Å². The highest BCUT2D eigenvalue weighted by molar-refractivity contribution is 7.99. The van der Waals surface area contributed by atoms with Crippen molar-refractivity contribution in [3.05, 3.63) is 29.8 Å². The summed E-state index contributed by atoms with van der Waals surface area (Å²) in [5, 5.41) is 0. The first kappa shape index (κ1) is 15.7. The molecule has 1 atom stereocenters. The number of benzene rings is 1. The summed E-state index contributed by atoms with van der Waals surface area (Å²) in [6.45, 7) is 0.109. The third-order valence-corrected chi connectivity index (χ3v) is 5.91. The molecule has 0 saturated carbocycles. The highest BCUT2D eigenvalue weighted by Crippen LogP contribution is 2.30. The van der Waals surface area contributed by atoms with E-state index in [1.807, 2.05) is 0 Å². The number of hydrogen-bond acceptors (Lipinski definition) is 4. The van der Waals surface area contributed by atoms with Gasteiger partial charge in [-0.15, -0.1) is 0 Å². The number of ether oxygens (including phenoxy) is 1. The topological polar surface area (TPSA) is 55.4 Å². The van der Waals surface area contributed by atoms with E-state index >= 15 is 0 Å². The number of halogens is 2. The summed E-state index contributed by atoms with van der Waals surface area (Å²) < 4.78 is 57.8. The van der Waals surface area contributed by atoms with Gasteiger partial charge >= 0.3 is 0 Å². The zero-order chi connectivity index (χ0) is 14.8. The molecular formula is C12H15F2NO3S2. The summed E-state index contributed by atoms with van der Waals surface area (Å²) in [6, 6.07) is 2.49. The predicted molar refractivity (Wildman–Crippen MR) is 73.2 cm³/mol. The minimum atomic E-state index is -3.88. The minimum Gasteiger partial charge on any atom is -0.376 e. The Labute approximate surface area is 120 Å². The second-order valence-electron chi connectivity index (χ2n) is 4.59. The van der Waals surface area contributed by atoms with Crippen LogP contribution in [0.4, 0.5) is 8.78 Å². The van der Waals surface area contributed by atoms with Gasteiger partial charge in [-0.3, -0.25) is 0 Å². The standard InChI is InChI=1S/C12H15F2NO3S2/c1-18-12(4-5-19-8-12)7-15-20(16,17)9-2-3-10(13)11(14)6-9/h2-3,6,15H,4-5,7-8H2,1H3. The van der Waals surface area contributed by atoms with Gasteiger partial charge in [-0.1, -0.05) is 0 Å². The third-order valence-electron chi connectivity index (χ3n) is 3.29. The van der Waals surface area contributed by atoms with Crippen molar-refractivity contribution in [2.75, 3.05) is 25.2 Å². The van der Waals surface area contributed by atoms with Crippen LogP contribution in [0.5, 0.6) is 0 Å². The quantitative estimate of drug-likeness (QED) is 0.897. The average Bonchev–Trinajstić information content (AvgIpc) is 2.89. The average molecular weight is 323 g/mol. The van der Waals surface area contributed by atoms with Crippen LogP contribution in [0.15, 0.2) is 23.1 Å². The van der Waals surface area contributed by atoms with Gasteiger partial charge in [0.1, 0.15) is 0 Å². The maximum Gasteiger partial charge on any atom is 0.240 e. The van der Waals surface area contributed by atoms with Crippen LogP contribution in [-0.4, -0.2) is 39.2 Å². The summed E-state index contributed by atoms with van der Waals surface area (Å²) in [5.41, 5.74) is -0.531. The molecule has 0 amide bonds. The molecule has 0 bridgehead atoms. The van der Waals surface area contributed by atoms with Crippen LogP contribution in [0, 0.1) is 11.6 Å². The normalized spacial score (nSPS) is 23.1. The summed E-state index contributed by atoms with van der Waals surface area (Å²) in [6.07, 6.45) is 0.745. The van der Waals surface area contributed by atoms with Gasteiger partial charge < -0.3 is 4.74 Å². The minimum absolute atomic E-state index is 0.109. The summed E-state index contributed by atoms with van der Waals surface area (Å²) in [4.78, 5) is -0.298. The molecular weight excluding hydrogens is 308 g/mol. The van der Waals surface area contributed by atoms with E-state index in [1.54, 1.807) is 11.8 Å². The summed E-state index contributed by atoms with van der Waals surface area (Å²) in [7, 11) is -2.34. The third kappa shape index (κ3) is 3.30. The molecule has 1 N–H and O–H groups in total. The van der Waals surface area contributed by atoms with Gasteiger partial charge in [0.25, 0.3) is 0 Å². The van der Waals surface area contributed by atoms with Crippen molar-refractivity contribution in [3.63, 3.8) is 0 Å². The molecule has 0 radical (unpaired) electrons. The van der Waals surface area contributed by atoms with E-state index in [9.17, 15) is 17.2 Å². The maximum absolute atomic E-state index is 13.1. The van der Waals surface area contributed by atoms with E-state index in [1.165, 1.54) is 7.11 Å². The smallest absolute Gasteiger partial charge is 0.240 e. The lowest BCUT2D eigenvalue weighted by Gasteiger charge is -2.26. The second-order valence-corrected chi connectivity index (χ2v) is 7.46. The maximum atomic E-state index is 13.1. The lowest BCUT2D eigenvalue weighted by molar-refractivity contribution is 0.0179. The van der Waals surface area contributed by atoms with E-state index in [0.29, 0.717) is 11.8 Å². The molecule has 1 aromatic carbocycles. The predicted octanol–water partition coefficient (Wildman–Crippen LogP) is 1.77. The van der Waals surface area contributed by atoms with Crippen molar-refractivity contribution in [1.29, 1.82) is 0 Å². The Morgan fingerprint density at radius 3 is 2.70 bits per heavy atom. The lowest BCUT2D eigenvalue weighted by Crippen LogP contribution is -2.44. The molecule has 0 aromatic heterocycles. The fourth-order valence-electron chi connectivity index (χ4n) is 1.91. The van der Waals surface area contributed by atoms with Crippen molar-refractivity contribution < 1.29 is 21.9 Å². The first-order valence-corrected chi connectivity index (χ1v) is 8.60. The van der Waals surface area contributed by atoms with Crippen molar-refractivity contribution in [2.24, 2.45) is 0 Å². The molecule has 1 aliphatic rings. The van der Waals surface area contributed by atoms with Crippen LogP contribution < -0.4 is 4.72 Å². The van der Waals surface area contributed by atoms with Gasteiger partial charge in [-0.05, 0) is 30.4 Å². The first-order valence-electron chi connectivity index (χ1n) is 5.96. The van der Waals surface area contributed by atoms with Crippen molar-refractivity contribution in [2.45, 2.75) is 16.9 Å². The van der Waals surface area contributed by atoms with E-state index in [-0.39, 0.29) is 11.4 Å². The Bertz CT molecular complexity index is 586. The van der Waals surface area contributed by atoms with Crippen LogP contribution >= 0.6 is 11.8 Å². The van der Waals surface area contributed by atoms with E-state index in [4.69, 9.17) is 4.74 Å². The number of hydrogen-bond donors (Lipinski definition) is 1. The van der Waals surface area contributed by atoms with Gasteiger partial charge in [-0.2, -0.15) is 11.8 Å². The zero-order valence-corrected chi connectivity index (χ0v) is 12.5. The lowest BCUT2D eigenvalue weighted by atomic mass is 10.0. The molecule has 1 heterocycles. The van der Waals surface area contributed by atoms with Crippen LogP contribution in [0.25, 0.3) is 0 Å². The first-order chi connectivity index (χ1) is 9.38. The number of thioether (sulfide) groups is 1. The van der Waals surface area contributed by atoms with Crippen LogP contribution in [0.3, 0.4) is 0 Å². The van der Waals surface area contributed by atoms with Crippen molar-refractivity contribution in [1.82, 2.24) is 4.72 Å². The largest absolute Gasteiger partial charge is 0.376 e. The highest BCUT2D eigenvalue weighted by atomic mass is 32.2. The Kier molecular flexibility index (Phi) is 4.68. The zero-order valence-electron chi connectivity index (χ0n) is 10.9. The molecule has 20 heavy (non-hydrogen) atoms. The fourth-order valence-corrected chi connectivity index (χ4v) is 4.44. The number of rotatable bonds is 5. The van der Waals surface area contributed by atoms with Crippen molar-refractivity contribution >= 4 is 21.8 Å². The van der Waals surface area contributed by atoms with Gasteiger partial charge in [0, 0.05) is 19.4 Å². The van der Waals surface area contributed by atoms with E-state index < -0.39 is 27.3 Å². The van der Waals surface area contributed by atoms with Crippen molar-refractivity contribution in [3.8, 4) is 0 Å². The Morgan fingerprint density at radius 2 is 2.15 bits per heavy atom. The highest BCUT2D eigenvalue weighted by Gasteiger charge is 2.35. The second kappa shape index (κ2) is 5.97. The SMILES string of the molecule is COC1(CNS(=O)(=O)c2ccc(F)c(F)c2)CCSC1. The Morgan fingerprint density at radius 1 is 1.40 bits per heavy atom. The molecule has 1 unspecified atom stereocenters. The van der Waals surface area contributed by atoms with Crippen LogP contribution in [0.1, 0.15) is 6.42 Å². The molecule has 1 saturated heterocycles. The van der Waals surface area contributed by atoms with Crippen LogP contribution in [0.2, 0.25) is 0 Å². The Balaban J connectivity index is 2.13. The number of sulfonamides is 1. The molecule has 2 rings (SSSR count). The fraction of sp³-hybridized carbons (Fsp3) is 0.500. The van der Waals surface area contributed by atoms with Gasteiger partial charge in [0.15, 0.2) is 11.6 Å². The molecule has 1 fully saturated rings. The molecule has 112 valence electrons. The Hall–Kier alpha value is -0.700. The molecule has 0 aliphatic carbocycles. The molecule has 1 aliphatic heterocycles. The monoisotopic (exact) mass is 323 g/mol. The van der Waals surface area contributed by atoms with Gasteiger partial charge in [-0.25, -0.2) is 21.9 Å². The summed E-state index contributed by atoms with van der Waals surface area (Å²) >= 11 is 1.69. The van der Waals surface area contributed by atoms with E-state index in [0.717, 1.165) is 24.3 Å². The van der Waals surface area contributed by atoms with Gasteiger partial charge in [0.2, 0.25) is 10.0 Å².